The molecule has 0 N–H and O–H groups in total. The van der Waals surface area contributed by atoms with Gasteiger partial charge in [-0.2, -0.15) is 0 Å². The minimum Gasteiger partial charge on any atom is -0.490 e. The van der Waals surface area contributed by atoms with Crippen molar-refractivity contribution >= 4 is 6.08 Å². The lowest BCUT2D eigenvalue weighted by Gasteiger charge is -2.11. The molecule has 0 bridgehead atoms. The van der Waals surface area contributed by atoms with Crippen molar-refractivity contribution in [2.45, 2.75) is 13.8 Å². The Bertz CT molecular complexity index is 345. The van der Waals surface area contributed by atoms with Gasteiger partial charge in [0, 0.05) is 7.11 Å². The molecule has 0 saturated carbocycles. The van der Waals surface area contributed by atoms with Gasteiger partial charge in [0.15, 0.2) is 18.3 Å². The van der Waals surface area contributed by atoms with Gasteiger partial charge in [-0.05, 0) is 31.5 Å². The fourth-order valence-electron chi connectivity index (χ4n) is 1.33. The van der Waals surface area contributed by atoms with Gasteiger partial charge in [-0.25, -0.2) is 0 Å². The summed E-state index contributed by atoms with van der Waals surface area (Å²) in [6.07, 6.45) is 3.99. The highest BCUT2D eigenvalue weighted by Crippen LogP contribution is 2.28. The Labute approximate surface area is 96.6 Å². The molecular weight excluding hydrogens is 204 g/mol. The summed E-state index contributed by atoms with van der Waals surface area (Å²) < 4.78 is 15.8. The van der Waals surface area contributed by atoms with E-state index in [2.05, 4.69) is 0 Å². The van der Waals surface area contributed by atoms with Gasteiger partial charge < -0.3 is 14.2 Å². The van der Waals surface area contributed by atoms with E-state index in [1.807, 2.05) is 44.2 Å². The lowest BCUT2D eigenvalue weighted by Crippen LogP contribution is -2.02. The standard InChI is InChI=1S/C13H18O3/c1-4-6-11-7-8-12(15-5-2)13(9-11)16-10-14-3/h4,6-9H,5,10H2,1-3H3/b6-4+. The zero-order valence-corrected chi connectivity index (χ0v) is 10.0. The van der Waals surface area contributed by atoms with Crippen LogP contribution in [-0.2, 0) is 4.74 Å². The second-order valence-electron chi connectivity index (χ2n) is 3.19. The molecule has 3 nitrogen and oxygen atoms in total. The molecule has 0 heterocycles. The van der Waals surface area contributed by atoms with E-state index in [0.717, 1.165) is 11.3 Å². The first-order valence-electron chi connectivity index (χ1n) is 5.33. The largest absolute Gasteiger partial charge is 0.490 e. The predicted molar refractivity (Wildman–Crippen MR) is 64.8 cm³/mol. The van der Waals surface area contributed by atoms with Crippen LogP contribution in [0, 0.1) is 0 Å². The molecule has 1 aromatic carbocycles. The van der Waals surface area contributed by atoms with Gasteiger partial charge in [0.25, 0.3) is 0 Å². The van der Waals surface area contributed by atoms with Crippen LogP contribution in [0.1, 0.15) is 19.4 Å². The topological polar surface area (TPSA) is 27.7 Å². The van der Waals surface area contributed by atoms with Crippen molar-refractivity contribution < 1.29 is 14.2 Å². The van der Waals surface area contributed by atoms with Gasteiger partial charge in [-0.3, -0.25) is 0 Å². The van der Waals surface area contributed by atoms with Crippen LogP contribution in [0.2, 0.25) is 0 Å². The van der Waals surface area contributed by atoms with Crippen LogP contribution < -0.4 is 9.47 Å². The number of hydrogen-bond donors (Lipinski definition) is 0. The summed E-state index contributed by atoms with van der Waals surface area (Å²) in [4.78, 5) is 0. The van der Waals surface area contributed by atoms with Crippen molar-refractivity contribution in [3.05, 3.63) is 29.8 Å². The van der Waals surface area contributed by atoms with Crippen molar-refractivity contribution in [3.8, 4) is 11.5 Å². The highest BCUT2D eigenvalue weighted by molar-refractivity contribution is 5.55. The number of ether oxygens (including phenoxy) is 3. The summed E-state index contributed by atoms with van der Waals surface area (Å²) in [6.45, 7) is 4.76. The van der Waals surface area contributed by atoms with Crippen LogP contribution in [-0.4, -0.2) is 20.5 Å². The van der Waals surface area contributed by atoms with E-state index in [0.29, 0.717) is 12.4 Å². The molecule has 3 heteroatoms. The Morgan fingerprint density at radius 2 is 2.00 bits per heavy atom. The zero-order chi connectivity index (χ0) is 11.8. The molecule has 0 aliphatic rings. The smallest absolute Gasteiger partial charge is 0.188 e. The van der Waals surface area contributed by atoms with Crippen molar-refractivity contribution in [1.82, 2.24) is 0 Å². The molecule has 0 saturated heterocycles. The van der Waals surface area contributed by atoms with E-state index >= 15 is 0 Å². The van der Waals surface area contributed by atoms with E-state index in [1.54, 1.807) is 7.11 Å². The van der Waals surface area contributed by atoms with Crippen LogP contribution in [0.3, 0.4) is 0 Å². The first kappa shape index (κ1) is 12.6. The molecule has 88 valence electrons. The summed E-state index contributed by atoms with van der Waals surface area (Å²) in [5, 5.41) is 0. The fourth-order valence-corrected chi connectivity index (χ4v) is 1.33. The summed E-state index contributed by atoms with van der Waals surface area (Å²) >= 11 is 0. The maximum Gasteiger partial charge on any atom is 0.188 e. The Hall–Kier alpha value is -1.48. The molecule has 0 aliphatic heterocycles. The average Bonchev–Trinajstić information content (AvgIpc) is 2.30. The first-order valence-corrected chi connectivity index (χ1v) is 5.33. The highest BCUT2D eigenvalue weighted by Gasteiger charge is 2.04. The molecule has 0 fully saturated rings. The molecule has 0 atom stereocenters. The summed E-state index contributed by atoms with van der Waals surface area (Å²) in [5.74, 6) is 1.45. The fraction of sp³-hybridized carbons (Fsp3) is 0.385. The lowest BCUT2D eigenvalue weighted by atomic mass is 10.2. The van der Waals surface area contributed by atoms with Crippen LogP contribution in [0.25, 0.3) is 6.08 Å². The highest BCUT2D eigenvalue weighted by atomic mass is 16.7. The maximum atomic E-state index is 5.46. The second-order valence-corrected chi connectivity index (χ2v) is 3.19. The predicted octanol–water partition coefficient (Wildman–Crippen LogP) is 3.10. The third-order valence-electron chi connectivity index (χ3n) is 1.96. The Morgan fingerprint density at radius 1 is 1.19 bits per heavy atom. The van der Waals surface area contributed by atoms with E-state index in [-0.39, 0.29) is 6.79 Å². The van der Waals surface area contributed by atoms with E-state index < -0.39 is 0 Å². The normalized spacial score (nSPS) is 10.7. The van der Waals surface area contributed by atoms with E-state index in [4.69, 9.17) is 14.2 Å². The zero-order valence-electron chi connectivity index (χ0n) is 10.0. The van der Waals surface area contributed by atoms with Crippen molar-refractivity contribution in [2.75, 3.05) is 20.5 Å². The maximum absolute atomic E-state index is 5.46. The third kappa shape index (κ3) is 3.59. The molecule has 0 aliphatic carbocycles. The minimum atomic E-state index is 0.222. The Morgan fingerprint density at radius 3 is 2.62 bits per heavy atom. The summed E-state index contributed by atoms with van der Waals surface area (Å²) in [7, 11) is 1.59. The summed E-state index contributed by atoms with van der Waals surface area (Å²) in [5.41, 5.74) is 1.08. The van der Waals surface area contributed by atoms with Crippen molar-refractivity contribution in [1.29, 1.82) is 0 Å². The minimum absolute atomic E-state index is 0.222. The molecule has 0 spiro atoms. The van der Waals surface area contributed by atoms with Gasteiger partial charge in [0.05, 0.1) is 6.61 Å². The molecule has 1 rings (SSSR count). The van der Waals surface area contributed by atoms with Gasteiger partial charge in [0.1, 0.15) is 0 Å². The molecular formula is C13H18O3. The molecule has 0 aromatic heterocycles. The van der Waals surface area contributed by atoms with Crippen molar-refractivity contribution in [2.24, 2.45) is 0 Å². The van der Waals surface area contributed by atoms with Gasteiger partial charge >= 0.3 is 0 Å². The third-order valence-corrected chi connectivity index (χ3v) is 1.96. The van der Waals surface area contributed by atoms with E-state index in [9.17, 15) is 0 Å². The average molecular weight is 222 g/mol. The lowest BCUT2D eigenvalue weighted by molar-refractivity contribution is 0.0487. The number of allylic oxidation sites excluding steroid dienone is 1. The van der Waals surface area contributed by atoms with Gasteiger partial charge in [0.2, 0.25) is 0 Å². The molecule has 16 heavy (non-hydrogen) atoms. The molecule has 1 aromatic rings. The monoisotopic (exact) mass is 222 g/mol. The quantitative estimate of drug-likeness (QED) is 0.692. The van der Waals surface area contributed by atoms with Crippen LogP contribution in [0.4, 0.5) is 0 Å². The Kier molecular flexibility index (Phi) is 5.43. The Balaban J connectivity index is 2.90. The van der Waals surface area contributed by atoms with Crippen molar-refractivity contribution in [3.63, 3.8) is 0 Å². The number of methoxy groups -OCH3 is 1. The summed E-state index contributed by atoms with van der Waals surface area (Å²) in [6, 6.07) is 5.83. The van der Waals surface area contributed by atoms with Gasteiger partial charge in [-0.15, -0.1) is 0 Å². The SMILES string of the molecule is C/C=C/c1ccc(OCC)c(OCOC)c1. The molecule has 0 radical (unpaired) electrons. The van der Waals surface area contributed by atoms with Crippen LogP contribution >= 0.6 is 0 Å². The number of benzene rings is 1. The molecule has 0 unspecified atom stereocenters. The number of hydrogen-bond acceptors (Lipinski definition) is 3. The first-order chi connectivity index (χ1) is 7.81. The van der Waals surface area contributed by atoms with Gasteiger partial charge in [-0.1, -0.05) is 18.2 Å². The van der Waals surface area contributed by atoms with Crippen LogP contribution in [0.5, 0.6) is 11.5 Å². The second kappa shape index (κ2) is 6.90. The number of rotatable bonds is 6. The molecule has 0 amide bonds. The van der Waals surface area contributed by atoms with E-state index in [1.165, 1.54) is 0 Å². The van der Waals surface area contributed by atoms with Crippen LogP contribution in [0.15, 0.2) is 24.3 Å².